The Labute approximate surface area is 161 Å². The lowest BCUT2D eigenvalue weighted by molar-refractivity contribution is 0.0977. The summed E-state index contributed by atoms with van der Waals surface area (Å²) in [6.07, 6.45) is 0.885. The number of carbonyl (C=O) groups is 1. The van der Waals surface area contributed by atoms with Crippen LogP contribution in [0.5, 0.6) is 5.75 Å². The molecule has 0 saturated heterocycles. The summed E-state index contributed by atoms with van der Waals surface area (Å²) in [6, 6.07) is 13.2. The molecule has 0 aliphatic rings. The van der Waals surface area contributed by atoms with Gasteiger partial charge in [0.25, 0.3) is 5.91 Å². The van der Waals surface area contributed by atoms with Crippen LogP contribution in [0.4, 0.5) is 5.69 Å². The lowest BCUT2D eigenvalue weighted by Crippen LogP contribution is -2.34. The quantitative estimate of drug-likeness (QED) is 0.723. The average molecular weight is 371 g/mol. The predicted molar refractivity (Wildman–Crippen MR) is 111 cm³/mol. The van der Waals surface area contributed by atoms with E-state index in [1.807, 2.05) is 25.1 Å². The molecule has 0 saturated carbocycles. The fraction of sp³-hybridized carbons (Fsp3) is 0.333. The van der Waals surface area contributed by atoms with Crippen LogP contribution in [0.25, 0.3) is 0 Å². The summed E-state index contributed by atoms with van der Waals surface area (Å²) in [7, 11) is 0. The number of carbonyl (C=O) groups excluding carboxylic acids is 1. The molecule has 5 heteroatoms. The summed E-state index contributed by atoms with van der Waals surface area (Å²) >= 11 is 5.32. The zero-order chi connectivity index (χ0) is 19.1. The molecular weight excluding hydrogens is 344 g/mol. The summed E-state index contributed by atoms with van der Waals surface area (Å²) in [5.74, 6) is 0.840. The lowest BCUT2D eigenvalue weighted by Gasteiger charge is -2.15. The number of hydrogen-bond donors (Lipinski definition) is 2. The molecular formula is C21H26N2O2S. The highest BCUT2D eigenvalue weighted by Gasteiger charge is 2.11. The van der Waals surface area contributed by atoms with Gasteiger partial charge in [0.2, 0.25) is 0 Å². The van der Waals surface area contributed by atoms with Crippen LogP contribution in [-0.4, -0.2) is 17.6 Å². The van der Waals surface area contributed by atoms with Crippen LogP contribution in [0.3, 0.4) is 0 Å². The van der Waals surface area contributed by atoms with Crippen molar-refractivity contribution in [2.24, 2.45) is 5.92 Å². The van der Waals surface area contributed by atoms with Crippen molar-refractivity contribution in [3.05, 3.63) is 59.2 Å². The van der Waals surface area contributed by atoms with Gasteiger partial charge < -0.3 is 10.1 Å². The van der Waals surface area contributed by atoms with E-state index in [-0.39, 0.29) is 11.0 Å². The third kappa shape index (κ3) is 5.56. The first-order chi connectivity index (χ1) is 12.4. The van der Waals surface area contributed by atoms with E-state index in [1.54, 1.807) is 18.2 Å². The molecule has 0 fully saturated rings. The van der Waals surface area contributed by atoms with Crippen molar-refractivity contribution in [2.75, 3.05) is 11.9 Å². The van der Waals surface area contributed by atoms with E-state index < -0.39 is 0 Å². The number of nitrogens with one attached hydrogen (secondary N) is 2. The molecule has 138 valence electrons. The topological polar surface area (TPSA) is 50.4 Å². The summed E-state index contributed by atoms with van der Waals surface area (Å²) < 4.78 is 5.68. The molecule has 0 radical (unpaired) electrons. The molecule has 4 nitrogen and oxygen atoms in total. The van der Waals surface area contributed by atoms with Gasteiger partial charge in [-0.2, -0.15) is 0 Å². The van der Waals surface area contributed by atoms with Crippen LogP contribution < -0.4 is 15.4 Å². The number of para-hydroxylation sites is 1. The Morgan fingerprint density at radius 2 is 1.92 bits per heavy atom. The van der Waals surface area contributed by atoms with Crippen molar-refractivity contribution in [1.82, 2.24) is 5.32 Å². The Morgan fingerprint density at radius 3 is 2.62 bits per heavy atom. The molecule has 0 atom stereocenters. The van der Waals surface area contributed by atoms with Crippen molar-refractivity contribution >= 4 is 28.9 Å². The van der Waals surface area contributed by atoms with Gasteiger partial charge in [0.1, 0.15) is 5.75 Å². The van der Waals surface area contributed by atoms with Gasteiger partial charge in [-0.25, -0.2) is 0 Å². The van der Waals surface area contributed by atoms with E-state index >= 15 is 0 Å². The monoisotopic (exact) mass is 370 g/mol. The molecule has 0 spiro atoms. The standard InChI is InChI=1S/C21H26N2O2S/c1-5-16-9-6-8-15(4)19(16)22-21(26)23-20(24)17-10-7-11-18(12-17)25-13-14(2)3/h6-12,14H,5,13H2,1-4H3,(H2,22,23,24,26). The minimum atomic E-state index is -0.260. The van der Waals surface area contributed by atoms with Gasteiger partial charge in [-0.05, 0) is 60.8 Å². The van der Waals surface area contributed by atoms with Crippen molar-refractivity contribution in [3.63, 3.8) is 0 Å². The molecule has 0 aromatic heterocycles. The molecule has 0 unspecified atom stereocenters. The highest BCUT2D eigenvalue weighted by atomic mass is 32.1. The smallest absolute Gasteiger partial charge is 0.257 e. The van der Waals surface area contributed by atoms with Crippen molar-refractivity contribution in [2.45, 2.75) is 34.1 Å². The molecule has 0 bridgehead atoms. The largest absolute Gasteiger partial charge is 0.493 e. The van der Waals surface area contributed by atoms with Crippen LogP contribution in [0.1, 0.15) is 42.3 Å². The first kappa shape index (κ1) is 19.9. The SMILES string of the molecule is CCc1cccc(C)c1NC(=S)NC(=O)c1cccc(OCC(C)C)c1. The summed E-state index contributed by atoms with van der Waals surface area (Å²) in [5, 5.41) is 6.18. The molecule has 0 aliphatic carbocycles. The van der Waals surface area contributed by atoms with Crippen LogP contribution in [0.2, 0.25) is 0 Å². The lowest BCUT2D eigenvalue weighted by atomic mass is 10.1. The molecule has 2 rings (SSSR count). The van der Waals surface area contributed by atoms with E-state index in [0.717, 1.165) is 23.2 Å². The van der Waals surface area contributed by atoms with Gasteiger partial charge in [-0.1, -0.05) is 45.0 Å². The van der Waals surface area contributed by atoms with E-state index in [2.05, 4.69) is 37.5 Å². The van der Waals surface area contributed by atoms with Crippen molar-refractivity contribution in [1.29, 1.82) is 0 Å². The summed E-state index contributed by atoms with van der Waals surface area (Å²) in [5.41, 5.74) is 3.71. The maximum atomic E-state index is 12.5. The third-order valence-corrected chi connectivity index (χ3v) is 4.09. The minimum absolute atomic E-state index is 0.260. The van der Waals surface area contributed by atoms with Gasteiger partial charge >= 0.3 is 0 Å². The number of amides is 1. The molecule has 26 heavy (non-hydrogen) atoms. The van der Waals surface area contributed by atoms with E-state index in [9.17, 15) is 4.79 Å². The highest BCUT2D eigenvalue weighted by molar-refractivity contribution is 7.80. The molecule has 2 aromatic carbocycles. The molecule has 0 aliphatic heterocycles. The molecule has 2 aromatic rings. The fourth-order valence-electron chi connectivity index (χ4n) is 2.51. The van der Waals surface area contributed by atoms with Crippen molar-refractivity contribution < 1.29 is 9.53 Å². The normalized spacial score (nSPS) is 10.5. The van der Waals surface area contributed by atoms with Gasteiger partial charge in [0.15, 0.2) is 5.11 Å². The fourth-order valence-corrected chi connectivity index (χ4v) is 2.71. The zero-order valence-corrected chi connectivity index (χ0v) is 16.6. The zero-order valence-electron chi connectivity index (χ0n) is 15.8. The average Bonchev–Trinajstić information content (AvgIpc) is 2.61. The van der Waals surface area contributed by atoms with Crippen LogP contribution >= 0.6 is 12.2 Å². The Bertz CT molecular complexity index is 787. The van der Waals surface area contributed by atoms with Gasteiger partial charge in [-0.3, -0.25) is 10.1 Å². The van der Waals surface area contributed by atoms with Gasteiger partial charge in [-0.15, -0.1) is 0 Å². The van der Waals surface area contributed by atoms with Gasteiger partial charge in [0.05, 0.1) is 6.61 Å². The van der Waals surface area contributed by atoms with Crippen LogP contribution in [0.15, 0.2) is 42.5 Å². The van der Waals surface area contributed by atoms with Crippen LogP contribution in [0, 0.1) is 12.8 Å². The van der Waals surface area contributed by atoms with E-state index in [4.69, 9.17) is 17.0 Å². The van der Waals surface area contributed by atoms with Crippen LogP contribution in [-0.2, 0) is 6.42 Å². The first-order valence-corrected chi connectivity index (χ1v) is 9.25. The predicted octanol–water partition coefficient (Wildman–Crippen LogP) is 4.72. The minimum Gasteiger partial charge on any atom is -0.493 e. The number of aryl methyl sites for hydroxylation is 2. The summed E-state index contributed by atoms with van der Waals surface area (Å²) in [6.45, 7) is 8.87. The first-order valence-electron chi connectivity index (χ1n) is 8.84. The maximum Gasteiger partial charge on any atom is 0.257 e. The maximum absolute atomic E-state index is 12.5. The number of thiocarbonyl (C=S) groups is 1. The third-order valence-electron chi connectivity index (χ3n) is 3.89. The molecule has 1 amide bonds. The highest BCUT2D eigenvalue weighted by Crippen LogP contribution is 2.21. The number of ether oxygens (including phenoxy) is 1. The number of benzene rings is 2. The Morgan fingerprint density at radius 1 is 1.19 bits per heavy atom. The number of hydrogen-bond acceptors (Lipinski definition) is 3. The molecule has 2 N–H and O–H groups in total. The Kier molecular flexibility index (Phi) is 7.16. The summed E-state index contributed by atoms with van der Waals surface area (Å²) in [4.78, 5) is 12.5. The molecule has 0 heterocycles. The number of rotatable bonds is 6. The Balaban J connectivity index is 2.04. The second kappa shape index (κ2) is 9.34. The second-order valence-electron chi connectivity index (χ2n) is 6.60. The van der Waals surface area contributed by atoms with E-state index in [1.165, 1.54) is 0 Å². The van der Waals surface area contributed by atoms with Gasteiger partial charge in [0, 0.05) is 11.3 Å². The van der Waals surface area contributed by atoms with E-state index in [0.29, 0.717) is 23.8 Å². The second-order valence-corrected chi connectivity index (χ2v) is 7.01. The Hall–Kier alpha value is -2.40. The number of anilines is 1. The van der Waals surface area contributed by atoms with Crippen molar-refractivity contribution in [3.8, 4) is 5.75 Å².